The molecular weight excluding hydrogens is 261 g/mol. The summed E-state index contributed by atoms with van der Waals surface area (Å²) >= 11 is 0. The van der Waals surface area contributed by atoms with Crippen LogP contribution >= 0.6 is 0 Å². The Morgan fingerprint density at radius 3 is 2.90 bits per heavy atom. The summed E-state index contributed by atoms with van der Waals surface area (Å²) in [7, 11) is 0. The minimum absolute atomic E-state index is 0.0142. The molecule has 20 heavy (non-hydrogen) atoms. The maximum atomic E-state index is 14.2. The van der Waals surface area contributed by atoms with Gasteiger partial charge in [-0.2, -0.15) is 0 Å². The number of carboxylic acid groups (broad SMARTS) is 1. The highest BCUT2D eigenvalue weighted by Gasteiger charge is 2.35. The topological polar surface area (TPSA) is 49.8 Å². The summed E-state index contributed by atoms with van der Waals surface area (Å²) in [6.45, 7) is 1.26. The molecule has 4 nitrogen and oxygen atoms in total. The van der Waals surface area contributed by atoms with E-state index in [2.05, 4.69) is 0 Å². The molecule has 2 atom stereocenters. The van der Waals surface area contributed by atoms with Crippen molar-refractivity contribution in [3.63, 3.8) is 0 Å². The zero-order valence-electron chi connectivity index (χ0n) is 11.2. The monoisotopic (exact) mass is 279 g/mol. The lowest BCUT2D eigenvalue weighted by Gasteiger charge is -2.45. The second-order valence-electron chi connectivity index (χ2n) is 5.43. The van der Waals surface area contributed by atoms with Crippen LogP contribution in [0.25, 0.3) is 0 Å². The Balaban J connectivity index is 1.89. The van der Waals surface area contributed by atoms with Crippen LogP contribution in [0.15, 0.2) is 18.2 Å². The molecule has 0 spiro atoms. The van der Waals surface area contributed by atoms with Crippen molar-refractivity contribution < 1.29 is 19.0 Å². The quantitative estimate of drug-likeness (QED) is 0.904. The highest BCUT2D eigenvalue weighted by molar-refractivity contribution is 5.88. The maximum absolute atomic E-state index is 14.2. The third-order valence-electron chi connectivity index (χ3n) is 4.24. The smallest absolute Gasteiger partial charge is 0.335 e. The van der Waals surface area contributed by atoms with Crippen molar-refractivity contribution in [2.45, 2.75) is 37.8 Å². The highest BCUT2D eigenvalue weighted by atomic mass is 19.1. The van der Waals surface area contributed by atoms with E-state index in [-0.39, 0.29) is 17.7 Å². The number of aromatic carboxylic acids is 1. The molecule has 1 aromatic rings. The van der Waals surface area contributed by atoms with Gasteiger partial charge < -0.3 is 14.7 Å². The molecule has 1 aliphatic heterocycles. The molecule has 0 amide bonds. The normalized spacial score (nSPS) is 26.1. The standard InChI is InChI=1S/C15H18FNO3/c16-11-9-10(15(18)19)5-6-12(11)17-7-8-20-14-4-2-1-3-13(14)17/h5-6,9,13-14H,1-4,7-8H2,(H,18,19). The summed E-state index contributed by atoms with van der Waals surface area (Å²) in [6.07, 6.45) is 4.50. The van der Waals surface area contributed by atoms with Crippen LogP contribution < -0.4 is 4.90 Å². The average Bonchev–Trinajstić information content (AvgIpc) is 2.46. The lowest BCUT2D eigenvalue weighted by molar-refractivity contribution is -0.00891. The molecule has 1 aliphatic carbocycles. The molecule has 2 fully saturated rings. The molecule has 0 aromatic heterocycles. The first kappa shape index (κ1) is 13.4. The molecule has 0 radical (unpaired) electrons. The van der Waals surface area contributed by atoms with Gasteiger partial charge in [0.1, 0.15) is 5.82 Å². The van der Waals surface area contributed by atoms with Crippen LogP contribution in [0.1, 0.15) is 36.0 Å². The van der Waals surface area contributed by atoms with Crippen molar-refractivity contribution in [3.05, 3.63) is 29.6 Å². The van der Waals surface area contributed by atoms with Gasteiger partial charge in [0.25, 0.3) is 0 Å². The highest BCUT2D eigenvalue weighted by Crippen LogP contribution is 2.33. The number of fused-ring (bicyclic) bond motifs is 1. The Hall–Kier alpha value is -1.62. The number of carbonyl (C=O) groups is 1. The minimum Gasteiger partial charge on any atom is -0.478 e. The molecule has 1 heterocycles. The third kappa shape index (κ3) is 2.38. The van der Waals surface area contributed by atoms with Crippen molar-refractivity contribution in [3.8, 4) is 0 Å². The van der Waals surface area contributed by atoms with Crippen molar-refractivity contribution in [2.75, 3.05) is 18.1 Å². The molecule has 1 aromatic carbocycles. The van der Waals surface area contributed by atoms with Gasteiger partial charge in [0.2, 0.25) is 0 Å². The number of morpholine rings is 1. The van der Waals surface area contributed by atoms with Gasteiger partial charge in [0.15, 0.2) is 0 Å². The van der Waals surface area contributed by atoms with Gasteiger partial charge in [0, 0.05) is 6.54 Å². The lowest BCUT2D eigenvalue weighted by atomic mass is 9.89. The van der Waals surface area contributed by atoms with Gasteiger partial charge in [-0.25, -0.2) is 9.18 Å². The van der Waals surface area contributed by atoms with Gasteiger partial charge in [-0.15, -0.1) is 0 Å². The fourth-order valence-corrected chi connectivity index (χ4v) is 3.27. The van der Waals surface area contributed by atoms with Crippen LogP contribution in [0, 0.1) is 5.82 Å². The molecule has 1 saturated carbocycles. The second-order valence-corrected chi connectivity index (χ2v) is 5.43. The number of hydrogen-bond acceptors (Lipinski definition) is 3. The van der Waals surface area contributed by atoms with Crippen LogP contribution in [0.4, 0.5) is 10.1 Å². The number of ether oxygens (including phenoxy) is 1. The zero-order valence-corrected chi connectivity index (χ0v) is 11.2. The first-order chi connectivity index (χ1) is 9.66. The number of benzene rings is 1. The van der Waals surface area contributed by atoms with E-state index in [0.29, 0.717) is 18.8 Å². The van der Waals surface area contributed by atoms with Crippen LogP contribution in [-0.2, 0) is 4.74 Å². The molecule has 108 valence electrons. The van der Waals surface area contributed by atoms with E-state index >= 15 is 0 Å². The van der Waals surface area contributed by atoms with Crippen molar-refractivity contribution in [1.82, 2.24) is 0 Å². The fourth-order valence-electron chi connectivity index (χ4n) is 3.27. The van der Waals surface area contributed by atoms with E-state index in [1.807, 2.05) is 4.90 Å². The number of halogens is 1. The molecule has 2 unspecified atom stereocenters. The molecule has 2 aliphatic rings. The van der Waals surface area contributed by atoms with Gasteiger partial charge in [-0.1, -0.05) is 12.8 Å². The summed E-state index contributed by atoms with van der Waals surface area (Å²) in [6, 6.07) is 4.36. The predicted molar refractivity (Wildman–Crippen MR) is 72.7 cm³/mol. The summed E-state index contributed by atoms with van der Waals surface area (Å²) in [5.74, 6) is -1.57. The van der Waals surface area contributed by atoms with Crippen LogP contribution in [0.3, 0.4) is 0 Å². The fraction of sp³-hybridized carbons (Fsp3) is 0.533. The van der Waals surface area contributed by atoms with Crippen LogP contribution in [0.5, 0.6) is 0 Å². The molecule has 1 saturated heterocycles. The maximum Gasteiger partial charge on any atom is 0.335 e. The van der Waals surface area contributed by atoms with E-state index in [9.17, 15) is 9.18 Å². The Morgan fingerprint density at radius 2 is 2.15 bits per heavy atom. The molecule has 0 bridgehead atoms. The Morgan fingerprint density at radius 1 is 1.35 bits per heavy atom. The zero-order chi connectivity index (χ0) is 14.1. The molecular formula is C15H18FNO3. The Kier molecular flexibility index (Phi) is 3.61. The van der Waals surface area contributed by atoms with E-state index in [4.69, 9.17) is 9.84 Å². The van der Waals surface area contributed by atoms with E-state index in [1.54, 1.807) is 6.07 Å². The van der Waals surface area contributed by atoms with Gasteiger partial charge in [-0.05, 0) is 31.0 Å². The van der Waals surface area contributed by atoms with Gasteiger partial charge in [-0.3, -0.25) is 0 Å². The number of hydrogen-bond donors (Lipinski definition) is 1. The summed E-state index contributed by atoms with van der Waals surface area (Å²) in [5, 5.41) is 8.90. The van der Waals surface area contributed by atoms with Gasteiger partial charge >= 0.3 is 5.97 Å². The predicted octanol–water partition coefficient (Wildman–Crippen LogP) is 2.67. The minimum atomic E-state index is -1.10. The first-order valence-corrected chi connectivity index (χ1v) is 7.08. The van der Waals surface area contributed by atoms with Crippen molar-refractivity contribution in [2.24, 2.45) is 0 Å². The Bertz CT molecular complexity index is 518. The number of rotatable bonds is 2. The lowest BCUT2D eigenvalue weighted by Crippen LogP contribution is -2.53. The SMILES string of the molecule is O=C(O)c1ccc(N2CCOC3CCCCC32)c(F)c1. The number of carboxylic acids is 1. The summed E-state index contributed by atoms with van der Waals surface area (Å²) in [5.41, 5.74) is 0.481. The van der Waals surface area contributed by atoms with E-state index < -0.39 is 11.8 Å². The van der Waals surface area contributed by atoms with E-state index in [1.165, 1.54) is 6.07 Å². The van der Waals surface area contributed by atoms with Crippen molar-refractivity contribution in [1.29, 1.82) is 0 Å². The molecule has 3 rings (SSSR count). The first-order valence-electron chi connectivity index (χ1n) is 7.08. The largest absolute Gasteiger partial charge is 0.478 e. The Labute approximate surface area is 117 Å². The van der Waals surface area contributed by atoms with E-state index in [0.717, 1.165) is 31.7 Å². The van der Waals surface area contributed by atoms with Gasteiger partial charge in [0.05, 0.1) is 30.0 Å². The van der Waals surface area contributed by atoms with Crippen LogP contribution in [-0.4, -0.2) is 36.4 Å². The summed E-state index contributed by atoms with van der Waals surface area (Å²) < 4.78 is 20.0. The number of anilines is 1. The van der Waals surface area contributed by atoms with Crippen molar-refractivity contribution >= 4 is 11.7 Å². The number of nitrogens with zero attached hydrogens (tertiary/aromatic N) is 1. The summed E-state index contributed by atoms with van der Waals surface area (Å²) in [4.78, 5) is 12.9. The molecule has 1 N–H and O–H groups in total. The third-order valence-corrected chi connectivity index (χ3v) is 4.24. The van der Waals surface area contributed by atoms with Crippen LogP contribution in [0.2, 0.25) is 0 Å². The molecule has 5 heteroatoms. The average molecular weight is 279 g/mol. The second kappa shape index (κ2) is 5.40.